The van der Waals surface area contributed by atoms with E-state index >= 15 is 0 Å². The van der Waals surface area contributed by atoms with Crippen molar-refractivity contribution in [3.8, 4) is 5.75 Å². The minimum Gasteiger partial charge on any atom is -0.494 e. The Morgan fingerprint density at radius 2 is 2.24 bits per heavy atom. The number of carbonyl (C=O) groups is 1. The molecule has 1 heterocycles. The first-order valence-electron chi connectivity index (χ1n) is 6.43. The fourth-order valence-corrected chi connectivity index (χ4v) is 1.83. The fourth-order valence-electron chi connectivity index (χ4n) is 1.83. The quantitative estimate of drug-likeness (QED) is 0.886. The van der Waals surface area contributed by atoms with Gasteiger partial charge in [0.2, 0.25) is 0 Å². The summed E-state index contributed by atoms with van der Waals surface area (Å²) in [6, 6.07) is 6.16. The molecule has 0 atom stereocenters. The van der Waals surface area contributed by atoms with Crippen molar-refractivity contribution in [2.75, 3.05) is 11.9 Å². The Morgan fingerprint density at radius 3 is 2.90 bits per heavy atom. The lowest BCUT2D eigenvalue weighted by molar-refractivity contribution is 0.102. The summed E-state index contributed by atoms with van der Waals surface area (Å²) in [5.74, 6) is -0.723. The van der Waals surface area contributed by atoms with Crippen LogP contribution in [-0.2, 0) is 6.61 Å². The van der Waals surface area contributed by atoms with E-state index in [2.05, 4.69) is 10.3 Å². The molecule has 110 valence electrons. The number of nitrogens with one attached hydrogen (secondary N) is 1. The van der Waals surface area contributed by atoms with E-state index in [1.807, 2.05) is 6.92 Å². The molecule has 0 saturated heterocycles. The predicted octanol–water partition coefficient (Wildman–Crippen LogP) is 2.36. The van der Waals surface area contributed by atoms with Gasteiger partial charge in [-0.3, -0.25) is 9.78 Å². The first-order valence-corrected chi connectivity index (χ1v) is 6.43. The van der Waals surface area contributed by atoms with E-state index in [1.165, 1.54) is 12.3 Å². The van der Waals surface area contributed by atoms with E-state index in [-0.39, 0.29) is 12.2 Å². The topological polar surface area (TPSA) is 71.5 Å². The summed E-state index contributed by atoms with van der Waals surface area (Å²) in [5.41, 5.74) is 0.901. The van der Waals surface area contributed by atoms with Crippen LogP contribution in [0.3, 0.4) is 0 Å². The second kappa shape index (κ2) is 6.81. The molecular weight excluding hydrogens is 275 g/mol. The number of halogens is 1. The average molecular weight is 290 g/mol. The maximum atomic E-state index is 13.5. The van der Waals surface area contributed by atoms with Crippen LogP contribution in [0.4, 0.5) is 10.1 Å². The number of anilines is 1. The van der Waals surface area contributed by atoms with Crippen molar-refractivity contribution in [3.63, 3.8) is 0 Å². The van der Waals surface area contributed by atoms with Crippen molar-refractivity contribution in [3.05, 3.63) is 53.6 Å². The third kappa shape index (κ3) is 3.55. The Balaban J connectivity index is 2.20. The summed E-state index contributed by atoms with van der Waals surface area (Å²) >= 11 is 0. The van der Waals surface area contributed by atoms with Gasteiger partial charge in [-0.25, -0.2) is 4.39 Å². The molecule has 0 aliphatic carbocycles. The Kier molecular flexibility index (Phi) is 4.84. The van der Waals surface area contributed by atoms with Gasteiger partial charge in [-0.05, 0) is 31.2 Å². The summed E-state index contributed by atoms with van der Waals surface area (Å²) in [5, 5.41) is 11.9. The van der Waals surface area contributed by atoms with Crippen LogP contribution in [0.25, 0.3) is 0 Å². The molecule has 0 aliphatic heterocycles. The second-order valence-corrected chi connectivity index (χ2v) is 4.22. The number of nitrogens with zero attached hydrogens (tertiary/aromatic N) is 1. The third-order valence-electron chi connectivity index (χ3n) is 2.81. The summed E-state index contributed by atoms with van der Waals surface area (Å²) in [6.45, 7) is 2.09. The maximum Gasteiger partial charge on any atom is 0.258 e. The number of aliphatic hydroxyl groups excluding tert-OH is 1. The largest absolute Gasteiger partial charge is 0.494 e. The molecule has 2 N–H and O–H groups in total. The summed E-state index contributed by atoms with van der Waals surface area (Å²) in [4.78, 5) is 15.6. The first kappa shape index (κ1) is 14.9. The zero-order valence-electron chi connectivity index (χ0n) is 11.5. The van der Waals surface area contributed by atoms with Gasteiger partial charge in [0.15, 0.2) is 5.82 Å². The Labute approximate surface area is 121 Å². The number of aliphatic hydroxyl groups is 1. The monoisotopic (exact) mass is 290 g/mol. The van der Waals surface area contributed by atoms with Gasteiger partial charge >= 0.3 is 0 Å². The lowest BCUT2D eigenvalue weighted by Gasteiger charge is -2.11. The molecule has 0 fully saturated rings. The normalized spacial score (nSPS) is 10.2. The predicted molar refractivity (Wildman–Crippen MR) is 75.7 cm³/mol. The van der Waals surface area contributed by atoms with Crippen LogP contribution < -0.4 is 10.1 Å². The van der Waals surface area contributed by atoms with E-state index in [9.17, 15) is 14.3 Å². The lowest BCUT2D eigenvalue weighted by Crippen LogP contribution is -2.14. The molecule has 1 amide bonds. The van der Waals surface area contributed by atoms with Crippen LogP contribution in [-0.4, -0.2) is 22.6 Å². The number of hydrogen-bond acceptors (Lipinski definition) is 4. The zero-order valence-corrected chi connectivity index (χ0v) is 11.5. The van der Waals surface area contributed by atoms with Crippen LogP contribution in [0, 0.1) is 5.82 Å². The third-order valence-corrected chi connectivity index (χ3v) is 2.81. The molecule has 2 aromatic rings. The summed E-state index contributed by atoms with van der Waals surface area (Å²) in [6.07, 6.45) is 2.32. The van der Waals surface area contributed by atoms with Crippen LogP contribution in [0.1, 0.15) is 22.8 Å². The molecule has 0 saturated carbocycles. The molecule has 6 heteroatoms. The molecular formula is C15H15FN2O3. The minimum absolute atomic E-state index is 0.0931. The van der Waals surface area contributed by atoms with Crippen molar-refractivity contribution in [2.24, 2.45) is 0 Å². The number of carbonyl (C=O) groups excluding carboxylic acids is 1. The molecule has 2 rings (SSSR count). The van der Waals surface area contributed by atoms with Crippen molar-refractivity contribution in [2.45, 2.75) is 13.5 Å². The van der Waals surface area contributed by atoms with Crippen molar-refractivity contribution < 1.29 is 19.0 Å². The molecule has 0 radical (unpaired) electrons. The minimum atomic E-state index is -0.691. The van der Waals surface area contributed by atoms with E-state index in [0.29, 0.717) is 23.6 Å². The number of rotatable bonds is 5. The highest BCUT2D eigenvalue weighted by Gasteiger charge is 2.12. The smallest absolute Gasteiger partial charge is 0.258 e. The summed E-state index contributed by atoms with van der Waals surface area (Å²) < 4.78 is 18.8. The number of aromatic nitrogens is 1. The van der Waals surface area contributed by atoms with Crippen LogP contribution in [0.15, 0.2) is 36.7 Å². The number of pyridine rings is 1. The van der Waals surface area contributed by atoms with Gasteiger partial charge in [0.1, 0.15) is 5.75 Å². The molecule has 0 aliphatic rings. The van der Waals surface area contributed by atoms with Crippen molar-refractivity contribution in [1.29, 1.82) is 0 Å². The Hall–Kier alpha value is -2.47. The van der Waals surface area contributed by atoms with Gasteiger partial charge in [-0.15, -0.1) is 0 Å². The van der Waals surface area contributed by atoms with E-state index in [0.717, 1.165) is 6.20 Å². The maximum absolute atomic E-state index is 13.5. The lowest BCUT2D eigenvalue weighted by atomic mass is 10.1. The molecule has 0 unspecified atom stereocenters. The highest BCUT2D eigenvalue weighted by atomic mass is 19.1. The van der Waals surface area contributed by atoms with Crippen molar-refractivity contribution in [1.82, 2.24) is 4.98 Å². The second-order valence-electron chi connectivity index (χ2n) is 4.22. The number of amides is 1. The van der Waals surface area contributed by atoms with Gasteiger partial charge in [0.25, 0.3) is 5.91 Å². The molecule has 5 nitrogen and oxygen atoms in total. The van der Waals surface area contributed by atoms with Crippen LogP contribution in [0.5, 0.6) is 5.75 Å². The van der Waals surface area contributed by atoms with Crippen LogP contribution >= 0.6 is 0 Å². The van der Waals surface area contributed by atoms with Gasteiger partial charge in [0.05, 0.1) is 25.0 Å². The number of ether oxygens (including phenoxy) is 1. The first-order chi connectivity index (χ1) is 10.2. The fraction of sp³-hybridized carbons (Fsp3) is 0.200. The van der Waals surface area contributed by atoms with Crippen LogP contribution in [0.2, 0.25) is 0 Å². The molecule has 1 aromatic carbocycles. The van der Waals surface area contributed by atoms with Gasteiger partial charge < -0.3 is 15.2 Å². The van der Waals surface area contributed by atoms with E-state index < -0.39 is 11.7 Å². The standard InChI is InChI=1S/C15H15FN2O3/c1-2-21-14-4-3-11(7-10(14)9-19)18-15(20)12-5-6-17-8-13(12)16/h3-8,19H,2,9H2,1H3,(H,18,20). The average Bonchev–Trinajstić information content (AvgIpc) is 2.49. The molecule has 0 bridgehead atoms. The van der Waals surface area contributed by atoms with Gasteiger partial charge in [0, 0.05) is 17.4 Å². The Bertz CT molecular complexity index is 647. The van der Waals surface area contributed by atoms with Gasteiger partial charge in [-0.2, -0.15) is 0 Å². The number of hydrogen-bond donors (Lipinski definition) is 2. The highest BCUT2D eigenvalue weighted by Crippen LogP contribution is 2.23. The van der Waals surface area contributed by atoms with E-state index in [1.54, 1.807) is 18.2 Å². The van der Waals surface area contributed by atoms with Gasteiger partial charge in [-0.1, -0.05) is 0 Å². The summed E-state index contributed by atoms with van der Waals surface area (Å²) in [7, 11) is 0. The number of benzene rings is 1. The Morgan fingerprint density at radius 1 is 1.43 bits per heavy atom. The molecule has 21 heavy (non-hydrogen) atoms. The van der Waals surface area contributed by atoms with Crippen molar-refractivity contribution >= 4 is 11.6 Å². The molecule has 1 aromatic heterocycles. The molecule has 0 spiro atoms. The zero-order chi connectivity index (χ0) is 15.2. The SMILES string of the molecule is CCOc1ccc(NC(=O)c2ccncc2F)cc1CO. The highest BCUT2D eigenvalue weighted by molar-refractivity contribution is 6.04. The van der Waals surface area contributed by atoms with E-state index in [4.69, 9.17) is 4.74 Å².